The van der Waals surface area contributed by atoms with Gasteiger partial charge in [0, 0.05) is 19.1 Å². The van der Waals surface area contributed by atoms with E-state index in [-0.39, 0.29) is 19.0 Å². The van der Waals surface area contributed by atoms with Gasteiger partial charge in [-0.25, -0.2) is 0 Å². The lowest BCUT2D eigenvalue weighted by molar-refractivity contribution is -0.00847. The summed E-state index contributed by atoms with van der Waals surface area (Å²) in [6.45, 7) is 2.10. The topological polar surface area (TPSA) is 83.5 Å². The summed E-state index contributed by atoms with van der Waals surface area (Å²) in [7, 11) is 1.61. The van der Waals surface area contributed by atoms with Gasteiger partial charge in [0.05, 0.1) is 19.3 Å². The first-order chi connectivity index (χ1) is 14.2. The zero-order valence-electron chi connectivity index (χ0n) is 16.5. The second-order valence-corrected chi connectivity index (χ2v) is 6.57. The van der Waals surface area contributed by atoms with Crippen molar-refractivity contribution < 1.29 is 33.6 Å². The van der Waals surface area contributed by atoms with Crippen molar-refractivity contribution in [2.75, 3.05) is 40.3 Å². The number of rotatable bonds is 11. The van der Waals surface area contributed by atoms with Gasteiger partial charge in [0.15, 0.2) is 24.1 Å². The van der Waals surface area contributed by atoms with Crippen molar-refractivity contribution in [1.29, 1.82) is 0 Å². The van der Waals surface area contributed by atoms with Crippen LogP contribution < -0.4 is 14.2 Å². The molecule has 0 radical (unpaired) electrons. The van der Waals surface area contributed by atoms with E-state index in [4.69, 9.17) is 23.7 Å². The maximum atomic E-state index is 12.4. The van der Waals surface area contributed by atoms with Crippen LogP contribution in [-0.2, 0) is 9.47 Å². The molecule has 0 spiro atoms. The third kappa shape index (κ3) is 6.19. The molecule has 0 fully saturated rings. The average Bonchev–Trinajstić information content (AvgIpc) is 2.77. The number of aliphatic hydroxyl groups is 1. The highest BCUT2D eigenvalue weighted by Crippen LogP contribution is 2.33. The molecule has 0 amide bonds. The lowest BCUT2D eigenvalue weighted by atomic mass is 10.00. The normalized spacial score (nSPS) is 13.7. The molecule has 1 heterocycles. The number of benzene rings is 2. The van der Waals surface area contributed by atoms with E-state index in [2.05, 4.69) is 0 Å². The van der Waals surface area contributed by atoms with Crippen LogP contribution in [0.2, 0.25) is 0 Å². The highest BCUT2D eigenvalue weighted by molar-refractivity contribution is 5.96. The summed E-state index contributed by atoms with van der Waals surface area (Å²) in [5.74, 6) is 1.88. The minimum atomic E-state index is -0.748. The second kappa shape index (κ2) is 10.8. The van der Waals surface area contributed by atoms with Crippen molar-refractivity contribution in [1.82, 2.24) is 0 Å². The summed E-state index contributed by atoms with van der Waals surface area (Å²) in [6, 6.07) is 12.2. The van der Waals surface area contributed by atoms with Crippen LogP contribution >= 0.6 is 0 Å². The largest absolute Gasteiger partial charge is 0.486 e. The first-order valence-corrected chi connectivity index (χ1v) is 9.57. The number of ether oxygens (including phenoxy) is 5. The Labute approximate surface area is 170 Å². The van der Waals surface area contributed by atoms with Crippen LogP contribution in [0.15, 0.2) is 42.5 Å². The number of aliphatic hydroxyl groups excluding tert-OH is 1. The lowest BCUT2D eigenvalue weighted by Crippen LogP contribution is -2.15. The Bertz CT molecular complexity index is 788. The van der Waals surface area contributed by atoms with Crippen molar-refractivity contribution in [3.05, 3.63) is 53.6 Å². The Balaban J connectivity index is 1.46. The molecular formula is C22H26O7. The number of fused-ring (bicyclic) bond motifs is 1. The molecule has 0 aromatic heterocycles. The third-order valence-electron chi connectivity index (χ3n) is 4.51. The number of carbonyl (C=O) groups excluding carboxylic acids is 1. The molecule has 2 aromatic carbocycles. The molecule has 0 saturated heterocycles. The van der Waals surface area contributed by atoms with Gasteiger partial charge >= 0.3 is 0 Å². The minimum absolute atomic E-state index is 0.0375. The molecule has 0 saturated carbocycles. The minimum Gasteiger partial charge on any atom is -0.486 e. The lowest BCUT2D eigenvalue weighted by Gasteiger charge is -2.20. The quantitative estimate of drug-likeness (QED) is 0.351. The Morgan fingerprint density at radius 2 is 1.83 bits per heavy atom. The predicted molar refractivity (Wildman–Crippen MR) is 106 cm³/mol. The maximum absolute atomic E-state index is 12.4. The van der Waals surface area contributed by atoms with Crippen LogP contribution in [0.25, 0.3) is 0 Å². The highest BCUT2D eigenvalue weighted by atomic mass is 16.7. The van der Waals surface area contributed by atoms with Crippen LogP contribution in [0.3, 0.4) is 0 Å². The summed E-state index contributed by atoms with van der Waals surface area (Å²) >= 11 is 0. The molecule has 1 aliphatic rings. The number of ketones is 1. The zero-order valence-corrected chi connectivity index (χ0v) is 16.5. The van der Waals surface area contributed by atoms with Crippen LogP contribution in [-0.4, -0.2) is 51.2 Å². The second-order valence-electron chi connectivity index (χ2n) is 6.57. The third-order valence-corrected chi connectivity index (χ3v) is 4.51. The van der Waals surface area contributed by atoms with Gasteiger partial charge in [0.1, 0.15) is 19.0 Å². The van der Waals surface area contributed by atoms with E-state index in [0.29, 0.717) is 61.2 Å². The zero-order chi connectivity index (χ0) is 20.5. The SMILES string of the molecule is COCCOCOc1ccc(C(=O)CC[C@@H](O)c2ccc3c(c2)OCCO3)cc1. The van der Waals surface area contributed by atoms with Crippen LogP contribution in [0.5, 0.6) is 17.2 Å². The van der Waals surface area contributed by atoms with Crippen molar-refractivity contribution in [2.45, 2.75) is 18.9 Å². The van der Waals surface area contributed by atoms with Gasteiger partial charge in [0.25, 0.3) is 0 Å². The van der Waals surface area contributed by atoms with Gasteiger partial charge in [-0.2, -0.15) is 0 Å². The Morgan fingerprint density at radius 3 is 2.59 bits per heavy atom. The predicted octanol–water partition coefficient (Wildman–Crippen LogP) is 3.15. The average molecular weight is 402 g/mol. The van der Waals surface area contributed by atoms with Crippen molar-refractivity contribution >= 4 is 5.78 Å². The van der Waals surface area contributed by atoms with Crippen molar-refractivity contribution in [3.8, 4) is 17.2 Å². The van der Waals surface area contributed by atoms with Gasteiger partial charge in [0.2, 0.25) is 0 Å². The molecule has 3 rings (SSSR count). The molecule has 7 heteroatoms. The van der Waals surface area contributed by atoms with Gasteiger partial charge < -0.3 is 28.8 Å². The summed E-state index contributed by atoms with van der Waals surface area (Å²) in [6.07, 6.45) is -0.193. The first kappa shape index (κ1) is 21.1. The molecule has 7 nitrogen and oxygen atoms in total. The van der Waals surface area contributed by atoms with Crippen LogP contribution in [0.1, 0.15) is 34.9 Å². The Kier molecular flexibility index (Phi) is 7.86. The van der Waals surface area contributed by atoms with E-state index in [9.17, 15) is 9.90 Å². The first-order valence-electron chi connectivity index (χ1n) is 9.57. The summed E-state index contributed by atoms with van der Waals surface area (Å²) in [5.41, 5.74) is 1.28. The monoisotopic (exact) mass is 402 g/mol. The van der Waals surface area contributed by atoms with E-state index in [1.54, 1.807) is 49.6 Å². The molecule has 0 bridgehead atoms. The molecule has 156 valence electrons. The molecule has 29 heavy (non-hydrogen) atoms. The number of hydrogen-bond donors (Lipinski definition) is 1. The fraction of sp³-hybridized carbons (Fsp3) is 0.409. The van der Waals surface area contributed by atoms with E-state index in [0.717, 1.165) is 0 Å². The number of Topliss-reactive ketones (excluding diaryl/α,β-unsaturated/α-hetero) is 1. The van der Waals surface area contributed by atoms with Gasteiger partial charge in [-0.1, -0.05) is 6.07 Å². The number of methoxy groups -OCH3 is 1. The smallest absolute Gasteiger partial charge is 0.189 e. The van der Waals surface area contributed by atoms with Gasteiger partial charge in [-0.3, -0.25) is 4.79 Å². The number of carbonyl (C=O) groups is 1. The number of hydrogen-bond acceptors (Lipinski definition) is 7. The van der Waals surface area contributed by atoms with E-state index >= 15 is 0 Å². The molecule has 0 aliphatic carbocycles. The molecule has 1 atom stereocenters. The van der Waals surface area contributed by atoms with Crippen molar-refractivity contribution in [2.24, 2.45) is 0 Å². The highest BCUT2D eigenvalue weighted by Gasteiger charge is 2.17. The Morgan fingerprint density at radius 1 is 1.07 bits per heavy atom. The summed E-state index contributed by atoms with van der Waals surface area (Å²) in [5, 5.41) is 10.4. The van der Waals surface area contributed by atoms with E-state index < -0.39 is 6.10 Å². The van der Waals surface area contributed by atoms with Crippen LogP contribution in [0.4, 0.5) is 0 Å². The molecule has 2 aromatic rings. The standard InChI is InChI=1S/C22H26O7/c1-25-10-11-26-15-29-18-5-2-16(3-6-18)19(23)7-8-20(24)17-4-9-21-22(14-17)28-13-12-27-21/h2-6,9,14,20,24H,7-8,10-13,15H2,1H3/t20-/m1/s1. The molecule has 1 N–H and O–H groups in total. The van der Waals surface area contributed by atoms with Crippen LogP contribution in [0, 0.1) is 0 Å². The van der Waals surface area contributed by atoms with Gasteiger partial charge in [-0.05, 0) is 48.4 Å². The molecule has 1 aliphatic heterocycles. The Hall–Kier alpha value is -2.61. The van der Waals surface area contributed by atoms with E-state index in [1.165, 1.54) is 0 Å². The fourth-order valence-corrected chi connectivity index (χ4v) is 2.89. The molecular weight excluding hydrogens is 376 g/mol. The van der Waals surface area contributed by atoms with E-state index in [1.807, 2.05) is 0 Å². The summed E-state index contributed by atoms with van der Waals surface area (Å²) in [4.78, 5) is 12.4. The summed E-state index contributed by atoms with van der Waals surface area (Å²) < 4.78 is 26.6. The van der Waals surface area contributed by atoms with Crippen molar-refractivity contribution in [3.63, 3.8) is 0 Å². The fourth-order valence-electron chi connectivity index (χ4n) is 2.89. The van der Waals surface area contributed by atoms with Gasteiger partial charge in [-0.15, -0.1) is 0 Å². The molecule has 0 unspecified atom stereocenters. The maximum Gasteiger partial charge on any atom is 0.189 e.